The second kappa shape index (κ2) is 7.17. The molecule has 1 N–H and O–H groups in total. The third kappa shape index (κ3) is 3.67. The van der Waals surface area contributed by atoms with Crippen molar-refractivity contribution in [2.75, 3.05) is 7.11 Å². The van der Waals surface area contributed by atoms with Gasteiger partial charge in [0, 0.05) is 12.1 Å². The molecule has 0 aromatic heterocycles. The zero-order valence-corrected chi connectivity index (χ0v) is 14.2. The Morgan fingerprint density at radius 3 is 2.83 bits per heavy atom. The van der Waals surface area contributed by atoms with E-state index < -0.39 is 0 Å². The minimum Gasteiger partial charge on any atom is -0.481 e. The minimum absolute atomic E-state index is 0.0131. The number of hydrogen-bond acceptors (Lipinski definition) is 5. The summed E-state index contributed by atoms with van der Waals surface area (Å²) in [6.07, 6.45) is 4.33. The number of hydrogen-bond donors (Lipinski definition) is 1. The van der Waals surface area contributed by atoms with Gasteiger partial charge in [-0.05, 0) is 37.1 Å². The van der Waals surface area contributed by atoms with Crippen molar-refractivity contribution < 1.29 is 13.9 Å². The second-order valence-corrected chi connectivity index (χ2v) is 6.76. The van der Waals surface area contributed by atoms with E-state index in [0.29, 0.717) is 17.5 Å². The van der Waals surface area contributed by atoms with Crippen molar-refractivity contribution in [1.82, 2.24) is 5.32 Å². The predicted octanol–water partition coefficient (Wildman–Crippen LogP) is 3.05. The number of thioether (sulfide) groups is 1. The van der Waals surface area contributed by atoms with Gasteiger partial charge < -0.3 is 10.1 Å². The van der Waals surface area contributed by atoms with Crippen LogP contribution in [0.15, 0.2) is 46.2 Å². The lowest BCUT2D eigenvalue weighted by Gasteiger charge is -2.20. The van der Waals surface area contributed by atoms with Crippen LogP contribution < -0.4 is 5.32 Å². The summed E-state index contributed by atoms with van der Waals surface area (Å²) in [4.78, 5) is 20.5. The topological polar surface area (TPSA) is 63.0 Å². The van der Waals surface area contributed by atoms with Crippen LogP contribution >= 0.6 is 11.8 Å². The van der Waals surface area contributed by atoms with Crippen LogP contribution in [0.25, 0.3) is 0 Å². The summed E-state index contributed by atoms with van der Waals surface area (Å²) >= 11 is 1.42. The molecule has 3 atom stereocenters. The quantitative estimate of drug-likeness (QED) is 0.909. The molecule has 0 aliphatic carbocycles. The number of aliphatic imine (C=N–C) groups is 2. The molecule has 0 fully saturated rings. The fraction of sp³-hybridized carbons (Fsp3) is 0.353. The lowest BCUT2D eigenvalue weighted by atomic mass is 9.99. The van der Waals surface area contributed by atoms with Gasteiger partial charge in [-0.1, -0.05) is 23.9 Å². The third-order valence-corrected chi connectivity index (χ3v) is 5.19. The minimum atomic E-state index is -0.273. The van der Waals surface area contributed by atoms with Gasteiger partial charge in [-0.2, -0.15) is 4.99 Å². The highest BCUT2D eigenvalue weighted by Gasteiger charge is 2.35. The van der Waals surface area contributed by atoms with E-state index in [1.54, 1.807) is 25.5 Å². The molecule has 1 aromatic rings. The number of nitrogens with zero attached hydrogens (tertiary/aromatic N) is 2. The summed E-state index contributed by atoms with van der Waals surface area (Å²) in [5.74, 6) is 0.120. The van der Waals surface area contributed by atoms with Crippen LogP contribution in [0.2, 0.25) is 0 Å². The van der Waals surface area contributed by atoms with E-state index >= 15 is 0 Å². The fourth-order valence-electron chi connectivity index (χ4n) is 2.61. The second-order valence-electron chi connectivity index (χ2n) is 5.63. The molecule has 3 rings (SSSR count). The number of amidine groups is 1. The largest absolute Gasteiger partial charge is 0.481 e. The Bertz CT molecular complexity index is 715. The van der Waals surface area contributed by atoms with Crippen LogP contribution in [-0.2, 0) is 9.53 Å². The van der Waals surface area contributed by atoms with Gasteiger partial charge in [-0.25, -0.2) is 9.38 Å². The maximum Gasteiger partial charge on any atom is 0.262 e. The number of ether oxygens (including phenoxy) is 1. The van der Waals surface area contributed by atoms with Crippen molar-refractivity contribution in [3.05, 3.63) is 47.6 Å². The Labute approximate surface area is 144 Å². The molecule has 0 radical (unpaired) electrons. The number of halogens is 1. The van der Waals surface area contributed by atoms with E-state index in [-0.39, 0.29) is 28.9 Å². The summed E-state index contributed by atoms with van der Waals surface area (Å²) in [6.45, 7) is 1.95. The summed E-state index contributed by atoms with van der Waals surface area (Å²) in [5.41, 5.74) is 0.932. The Morgan fingerprint density at radius 2 is 2.12 bits per heavy atom. The first kappa shape index (κ1) is 16.7. The molecular weight excluding hydrogens is 329 g/mol. The van der Waals surface area contributed by atoms with Gasteiger partial charge in [-0.15, -0.1) is 0 Å². The first-order valence-electron chi connectivity index (χ1n) is 7.66. The van der Waals surface area contributed by atoms with Gasteiger partial charge in [-0.3, -0.25) is 4.79 Å². The lowest BCUT2D eigenvalue weighted by Crippen LogP contribution is -2.26. The molecule has 1 amide bonds. The molecule has 2 aliphatic heterocycles. The predicted molar refractivity (Wildman–Crippen MR) is 93.5 cm³/mol. The normalized spacial score (nSPS) is 24.4. The average Bonchev–Trinajstić information content (AvgIpc) is 2.95. The number of nitrogens with one attached hydrogen (secondary N) is 1. The first-order chi connectivity index (χ1) is 11.6. The van der Waals surface area contributed by atoms with E-state index in [1.165, 1.54) is 23.9 Å². The smallest absolute Gasteiger partial charge is 0.262 e. The fourth-order valence-corrected chi connectivity index (χ4v) is 3.75. The summed E-state index contributed by atoms with van der Waals surface area (Å²) in [5, 5.41) is 3.54. The van der Waals surface area contributed by atoms with Crippen LogP contribution in [-0.4, -0.2) is 29.6 Å². The van der Waals surface area contributed by atoms with Gasteiger partial charge in [0.2, 0.25) is 5.88 Å². The number of amides is 1. The van der Waals surface area contributed by atoms with Crippen LogP contribution in [0, 0.1) is 11.7 Å². The standard InChI is InChI=1S/C17H18FN3O2S/c1-10(11-3-5-13(18)6-4-11)20-17-21-16(22)15(24-17)12-7-8-19-14(9-12)23-2/h3-6,8-10,12,15H,7H2,1-2H3,(H,20,21,22)/t10-,12?,15-/m0/s1. The zero-order chi connectivity index (χ0) is 17.1. The zero-order valence-electron chi connectivity index (χ0n) is 13.4. The Hall–Kier alpha value is -2.15. The van der Waals surface area contributed by atoms with Gasteiger partial charge in [0.25, 0.3) is 5.91 Å². The highest BCUT2D eigenvalue weighted by Crippen LogP contribution is 2.33. The van der Waals surface area contributed by atoms with Crippen molar-refractivity contribution >= 4 is 29.1 Å². The summed E-state index contributed by atoms with van der Waals surface area (Å²) < 4.78 is 18.1. The Kier molecular flexibility index (Phi) is 4.99. The third-order valence-electron chi connectivity index (χ3n) is 3.95. The van der Waals surface area contributed by atoms with Crippen molar-refractivity contribution in [2.24, 2.45) is 15.9 Å². The van der Waals surface area contributed by atoms with E-state index in [1.807, 2.05) is 13.0 Å². The molecule has 0 spiro atoms. The van der Waals surface area contributed by atoms with Crippen LogP contribution in [0.3, 0.4) is 0 Å². The first-order valence-corrected chi connectivity index (χ1v) is 8.54. The van der Waals surface area contributed by atoms with Crippen LogP contribution in [0.4, 0.5) is 4.39 Å². The number of carbonyl (C=O) groups excluding carboxylic acids is 1. The summed E-state index contributed by atoms with van der Waals surface area (Å²) in [6, 6.07) is 6.21. The van der Waals surface area contributed by atoms with E-state index in [4.69, 9.17) is 4.74 Å². The molecule has 0 saturated heterocycles. The molecule has 126 valence electrons. The molecular formula is C17H18FN3O2S. The molecule has 0 saturated carbocycles. The molecule has 2 aliphatic rings. The highest BCUT2D eigenvalue weighted by atomic mass is 32.2. The number of benzene rings is 1. The average molecular weight is 347 g/mol. The van der Waals surface area contributed by atoms with E-state index in [9.17, 15) is 9.18 Å². The number of allylic oxidation sites excluding steroid dienone is 1. The number of methoxy groups -OCH3 is 1. The van der Waals surface area contributed by atoms with Crippen LogP contribution in [0.1, 0.15) is 24.9 Å². The highest BCUT2D eigenvalue weighted by molar-refractivity contribution is 8.15. The molecule has 24 heavy (non-hydrogen) atoms. The summed E-state index contributed by atoms with van der Waals surface area (Å²) in [7, 11) is 1.56. The molecule has 1 aromatic carbocycles. The molecule has 0 bridgehead atoms. The molecule has 7 heteroatoms. The maximum atomic E-state index is 13.0. The lowest BCUT2D eigenvalue weighted by molar-refractivity contribution is -0.117. The Balaban J connectivity index is 1.64. The number of rotatable bonds is 4. The van der Waals surface area contributed by atoms with Crippen LogP contribution in [0.5, 0.6) is 0 Å². The van der Waals surface area contributed by atoms with Crippen molar-refractivity contribution in [2.45, 2.75) is 24.6 Å². The van der Waals surface area contributed by atoms with Crippen molar-refractivity contribution in [3.8, 4) is 0 Å². The van der Waals surface area contributed by atoms with E-state index in [2.05, 4.69) is 15.3 Å². The molecule has 1 unspecified atom stereocenters. The van der Waals surface area contributed by atoms with Gasteiger partial charge in [0.1, 0.15) is 11.1 Å². The number of carbonyl (C=O) groups is 1. The maximum absolute atomic E-state index is 13.0. The van der Waals surface area contributed by atoms with E-state index in [0.717, 1.165) is 5.56 Å². The van der Waals surface area contributed by atoms with Crippen molar-refractivity contribution in [3.63, 3.8) is 0 Å². The Morgan fingerprint density at radius 1 is 1.38 bits per heavy atom. The molecule has 2 heterocycles. The monoisotopic (exact) mass is 347 g/mol. The molecule has 5 nitrogen and oxygen atoms in total. The van der Waals surface area contributed by atoms with Gasteiger partial charge >= 0.3 is 0 Å². The van der Waals surface area contributed by atoms with Crippen molar-refractivity contribution in [1.29, 1.82) is 0 Å². The van der Waals surface area contributed by atoms with Gasteiger partial charge in [0.15, 0.2) is 5.17 Å². The SMILES string of the molecule is COC1=CC([C@@H]2SC(N[C@@H](C)c3ccc(F)cc3)=NC2=O)CC=N1. The van der Waals surface area contributed by atoms with Gasteiger partial charge in [0.05, 0.1) is 13.2 Å².